The fraction of sp³-hybridized carbons (Fsp3) is 0.308. The van der Waals surface area contributed by atoms with Crippen molar-refractivity contribution in [3.63, 3.8) is 0 Å². The number of nitrogen functional groups attached to an aromatic ring is 1. The SMILES string of the molecule is Nc1cc(-c2cc(Br)c3c(c2)CCCC3)no1. The lowest BCUT2D eigenvalue weighted by Crippen LogP contribution is -2.03. The average molecular weight is 293 g/mol. The topological polar surface area (TPSA) is 52.0 Å². The van der Waals surface area contributed by atoms with Crippen LogP contribution in [0.4, 0.5) is 5.88 Å². The predicted octanol–water partition coefficient (Wildman–Crippen LogP) is 3.57. The molecule has 0 aliphatic heterocycles. The van der Waals surface area contributed by atoms with Gasteiger partial charge in [-0.3, -0.25) is 0 Å². The van der Waals surface area contributed by atoms with Crippen molar-refractivity contribution < 1.29 is 4.52 Å². The number of aromatic nitrogens is 1. The molecule has 17 heavy (non-hydrogen) atoms. The van der Waals surface area contributed by atoms with E-state index < -0.39 is 0 Å². The van der Waals surface area contributed by atoms with Crippen LogP contribution in [0.15, 0.2) is 27.2 Å². The van der Waals surface area contributed by atoms with Crippen molar-refractivity contribution in [2.75, 3.05) is 5.73 Å². The zero-order valence-corrected chi connectivity index (χ0v) is 11.0. The highest BCUT2D eigenvalue weighted by Gasteiger charge is 2.15. The minimum Gasteiger partial charge on any atom is -0.368 e. The Morgan fingerprint density at radius 2 is 2.00 bits per heavy atom. The summed E-state index contributed by atoms with van der Waals surface area (Å²) in [5, 5.41) is 3.96. The summed E-state index contributed by atoms with van der Waals surface area (Å²) in [6.45, 7) is 0. The maximum Gasteiger partial charge on any atom is 0.222 e. The molecule has 0 bridgehead atoms. The summed E-state index contributed by atoms with van der Waals surface area (Å²) in [5.41, 5.74) is 10.3. The third-order valence-electron chi connectivity index (χ3n) is 3.23. The lowest BCUT2D eigenvalue weighted by Gasteiger charge is -2.18. The summed E-state index contributed by atoms with van der Waals surface area (Å²) in [5.74, 6) is 0.355. The van der Waals surface area contributed by atoms with E-state index >= 15 is 0 Å². The van der Waals surface area contributed by atoms with Crippen molar-refractivity contribution in [2.45, 2.75) is 25.7 Å². The molecule has 3 rings (SSSR count). The number of aryl methyl sites for hydroxylation is 1. The quantitative estimate of drug-likeness (QED) is 0.874. The third kappa shape index (κ3) is 1.97. The monoisotopic (exact) mass is 292 g/mol. The number of hydrogen-bond acceptors (Lipinski definition) is 3. The molecule has 0 saturated carbocycles. The standard InChI is InChI=1S/C13H13BrN2O/c14-11-6-9(12-7-13(15)17-16-12)5-8-3-1-2-4-10(8)11/h5-7H,1-4,15H2. The van der Waals surface area contributed by atoms with Crippen LogP contribution in [0.2, 0.25) is 0 Å². The highest BCUT2D eigenvalue weighted by molar-refractivity contribution is 9.10. The molecule has 0 amide bonds. The maximum atomic E-state index is 5.55. The average Bonchev–Trinajstić information content (AvgIpc) is 2.76. The lowest BCUT2D eigenvalue weighted by atomic mass is 9.90. The summed E-state index contributed by atoms with van der Waals surface area (Å²) in [6, 6.07) is 6.06. The van der Waals surface area contributed by atoms with Crippen LogP contribution in [0.3, 0.4) is 0 Å². The first kappa shape index (κ1) is 10.8. The largest absolute Gasteiger partial charge is 0.368 e. The van der Waals surface area contributed by atoms with E-state index in [9.17, 15) is 0 Å². The van der Waals surface area contributed by atoms with Crippen molar-refractivity contribution in [1.29, 1.82) is 0 Å². The predicted molar refractivity (Wildman–Crippen MR) is 70.7 cm³/mol. The highest BCUT2D eigenvalue weighted by Crippen LogP contribution is 2.33. The second-order valence-electron chi connectivity index (χ2n) is 4.42. The van der Waals surface area contributed by atoms with Gasteiger partial charge in [-0.2, -0.15) is 0 Å². The third-order valence-corrected chi connectivity index (χ3v) is 3.94. The molecule has 0 saturated heterocycles. The Morgan fingerprint density at radius 1 is 1.18 bits per heavy atom. The van der Waals surface area contributed by atoms with E-state index in [4.69, 9.17) is 10.3 Å². The van der Waals surface area contributed by atoms with E-state index in [2.05, 4.69) is 33.2 Å². The van der Waals surface area contributed by atoms with Gasteiger partial charge < -0.3 is 10.3 Å². The number of benzene rings is 1. The number of anilines is 1. The molecule has 0 atom stereocenters. The van der Waals surface area contributed by atoms with Crippen LogP contribution < -0.4 is 5.73 Å². The van der Waals surface area contributed by atoms with Crippen LogP contribution in [0.25, 0.3) is 11.3 Å². The summed E-state index contributed by atoms with van der Waals surface area (Å²) >= 11 is 3.65. The molecule has 3 nitrogen and oxygen atoms in total. The molecule has 88 valence electrons. The number of hydrogen-bond donors (Lipinski definition) is 1. The van der Waals surface area contributed by atoms with Gasteiger partial charge in [0, 0.05) is 16.1 Å². The van der Waals surface area contributed by atoms with Crippen molar-refractivity contribution in [3.05, 3.63) is 33.8 Å². The van der Waals surface area contributed by atoms with Crippen LogP contribution in [-0.4, -0.2) is 5.16 Å². The van der Waals surface area contributed by atoms with Crippen molar-refractivity contribution >= 4 is 21.8 Å². The second-order valence-corrected chi connectivity index (χ2v) is 5.27. The Labute approximate surface area is 108 Å². The van der Waals surface area contributed by atoms with Gasteiger partial charge in [-0.25, -0.2) is 0 Å². The summed E-state index contributed by atoms with van der Waals surface area (Å²) in [6.07, 6.45) is 4.86. The molecular formula is C13H13BrN2O. The first-order chi connectivity index (χ1) is 8.24. The van der Waals surface area contributed by atoms with Gasteiger partial charge in [0.15, 0.2) is 0 Å². The zero-order valence-electron chi connectivity index (χ0n) is 9.37. The van der Waals surface area contributed by atoms with E-state index in [0.717, 1.165) is 24.1 Å². The molecule has 2 N–H and O–H groups in total. The van der Waals surface area contributed by atoms with Crippen LogP contribution in [-0.2, 0) is 12.8 Å². The molecule has 1 aromatic heterocycles. The van der Waals surface area contributed by atoms with Gasteiger partial charge in [-0.05, 0) is 48.9 Å². The van der Waals surface area contributed by atoms with Crippen molar-refractivity contribution in [3.8, 4) is 11.3 Å². The Hall–Kier alpha value is -1.29. The normalized spacial score (nSPS) is 14.6. The Kier molecular flexibility index (Phi) is 2.67. The number of fused-ring (bicyclic) bond motifs is 1. The second kappa shape index (κ2) is 4.18. The molecule has 0 radical (unpaired) electrons. The molecule has 1 heterocycles. The van der Waals surface area contributed by atoms with Gasteiger partial charge >= 0.3 is 0 Å². The lowest BCUT2D eigenvalue weighted by molar-refractivity contribution is 0.439. The molecule has 2 aromatic rings. The van der Waals surface area contributed by atoms with Gasteiger partial charge in [-0.15, -0.1) is 0 Å². The van der Waals surface area contributed by atoms with E-state index in [1.54, 1.807) is 6.07 Å². The number of nitrogens with zero attached hydrogens (tertiary/aromatic N) is 1. The summed E-state index contributed by atoms with van der Waals surface area (Å²) in [4.78, 5) is 0. The van der Waals surface area contributed by atoms with Gasteiger partial charge in [0.2, 0.25) is 5.88 Å². The fourth-order valence-electron chi connectivity index (χ4n) is 2.39. The molecule has 0 unspecified atom stereocenters. The molecule has 1 aliphatic carbocycles. The Balaban J connectivity index is 2.10. The zero-order chi connectivity index (χ0) is 11.8. The van der Waals surface area contributed by atoms with E-state index in [0.29, 0.717) is 5.88 Å². The molecular weight excluding hydrogens is 280 g/mol. The maximum absolute atomic E-state index is 5.55. The van der Waals surface area contributed by atoms with E-state index in [1.165, 1.54) is 28.4 Å². The Bertz CT molecular complexity index is 563. The molecule has 1 aliphatic rings. The molecule has 4 heteroatoms. The van der Waals surface area contributed by atoms with Gasteiger partial charge in [-0.1, -0.05) is 21.1 Å². The first-order valence-corrected chi connectivity index (χ1v) is 6.57. The minimum atomic E-state index is 0.355. The van der Waals surface area contributed by atoms with Crippen LogP contribution >= 0.6 is 15.9 Å². The molecule has 1 aromatic carbocycles. The van der Waals surface area contributed by atoms with Gasteiger partial charge in [0.1, 0.15) is 5.69 Å². The number of nitrogens with two attached hydrogens (primary N) is 1. The van der Waals surface area contributed by atoms with Crippen LogP contribution in [0.5, 0.6) is 0 Å². The summed E-state index contributed by atoms with van der Waals surface area (Å²) < 4.78 is 6.09. The van der Waals surface area contributed by atoms with Gasteiger partial charge in [0.25, 0.3) is 0 Å². The van der Waals surface area contributed by atoms with E-state index in [1.807, 2.05) is 0 Å². The van der Waals surface area contributed by atoms with Crippen LogP contribution in [0.1, 0.15) is 24.0 Å². The smallest absolute Gasteiger partial charge is 0.222 e. The van der Waals surface area contributed by atoms with Crippen molar-refractivity contribution in [2.24, 2.45) is 0 Å². The van der Waals surface area contributed by atoms with Gasteiger partial charge in [0.05, 0.1) is 0 Å². The summed E-state index contributed by atoms with van der Waals surface area (Å²) in [7, 11) is 0. The van der Waals surface area contributed by atoms with Crippen LogP contribution in [0, 0.1) is 0 Å². The Morgan fingerprint density at radius 3 is 2.76 bits per heavy atom. The first-order valence-electron chi connectivity index (χ1n) is 5.78. The molecule has 0 fully saturated rings. The minimum absolute atomic E-state index is 0.355. The van der Waals surface area contributed by atoms with E-state index in [-0.39, 0.29) is 0 Å². The number of halogens is 1. The number of rotatable bonds is 1. The molecule has 0 spiro atoms. The van der Waals surface area contributed by atoms with Crippen molar-refractivity contribution in [1.82, 2.24) is 5.16 Å². The fourth-order valence-corrected chi connectivity index (χ4v) is 3.09. The highest BCUT2D eigenvalue weighted by atomic mass is 79.9.